The van der Waals surface area contributed by atoms with Crippen molar-refractivity contribution in [2.24, 2.45) is 5.92 Å². The summed E-state index contributed by atoms with van der Waals surface area (Å²) in [5.74, 6) is -3.00. The maximum atomic E-state index is 12.3. The van der Waals surface area contributed by atoms with Gasteiger partial charge in [-0.25, -0.2) is 4.79 Å². The average molecular weight is 365 g/mol. The Bertz CT molecular complexity index is 772. The molecule has 1 heterocycles. The molecular weight excluding hydrogens is 350 g/mol. The summed E-state index contributed by atoms with van der Waals surface area (Å²) in [5.41, 5.74) is 0.710. The highest BCUT2D eigenvalue weighted by Gasteiger charge is 2.35. The Morgan fingerprint density at radius 2 is 2.00 bits per heavy atom. The number of rotatable bonds is 7. The van der Waals surface area contributed by atoms with Gasteiger partial charge in [-0.05, 0) is 23.8 Å². The molecule has 0 spiro atoms. The molecule has 132 valence electrons. The third-order valence-corrected chi connectivity index (χ3v) is 3.77. The molecule has 1 atom stereocenters. The Morgan fingerprint density at radius 3 is 2.60 bits per heavy atom. The second-order valence-corrected chi connectivity index (χ2v) is 5.59. The minimum absolute atomic E-state index is 0.162. The molecule has 1 aliphatic rings. The van der Waals surface area contributed by atoms with Crippen molar-refractivity contribution < 1.29 is 34.1 Å². The Kier molecular flexibility index (Phi) is 5.71. The molecule has 0 bridgehead atoms. The Balaban J connectivity index is 2.27. The smallest absolute Gasteiger partial charge is 0.341 e. The highest BCUT2D eigenvalue weighted by atomic mass is 32.1. The van der Waals surface area contributed by atoms with E-state index in [1.54, 1.807) is 12.1 Å². The van der Waals surface area contributed by atoms with E-state index >= 15 is 0 Å². The molecule has 1 fully saturated rings. The molecule has 0 amide bonds. The highest BCUT2D eigenvalue weighted by molar-refractivity contribution is 7.80. The second kappa shape index (κ2) is 7.75. The van der Waals surface area contributed by atoms with E-state index in [-0.39, 0.29) is 22.9 Å². The van der Waals surface area contributed by atoms with Gasteiger partial charge in [-0.3, -0.25) is 9.59 Å². The van der Waals surface area contributed by atoms with Gasteiger partial charge < -0.3 is 25.0 Å². The number of nitrogens with one attached hydrogen (secondary N) is 1. The quantitative estimate of drug-likeness (QED) is 0.481. The molecule has 0 aliphatic carbocycles. The number of hydrogen-bond donors (Lipinski definition) is 3. The number of carbonyl (C=O) groups excluding carboxylic acids is 1. The van der Waals surface area contributed by atoms with Crippen molar-refractivity contribution in [3.8, 4) is 11.5 Å². The van der Waals surface area contributed by atoms with Crippen LogP contribution in [0, 0.1) is 5.92 Å². The van der Waals surface area contributed by atoms with Crippen molar-refractivity contribution >= 4 is 41.0 Å². The van der Waals surface area contributed by atoms with E-state index in [1.165, 1.54) is 19.3 Å². The molecule has 3 N–H and O–H groups in total. The third kappa shape index (κ3) is 4.54. The number of methoxy groups -OCH3 is 1. The summed E-state index contributed by atoms with van der Waals surface area (Å²) in [6, 6.07) is 4.72. The lowest BCUT2D eigenvalue weighted by Gasteiger charge is -2.10. The van der Waals surface area contributed by atoms with Crippen molar-refractivity contribution in [3.63, 3.8) is 0 Å². The predicted molar refractivity (Wildman–Crippen MR) is 90.6 cm³/mol. The van der Waals surface area contributed by atoms with E-state index < -0.39 is 30.2 Å². The summed E-state index contributed by atoms with van der Waals surface area (Å²) in [7, 11) is 1.41. The normalized spacial score (nSPS) is 18.1. The topological polar surface area (TPSA) is 122 Å². The summed E-state index contributed by atoms with van der Waals surface area (Å²) in [6.45, 7) is -0.543. The minimum atomic E-state index is -1.14. The molecular formula is C16H15NO7S. The van der Waals surface area contributed by atoms with Gasteiger partial charge in [-0.15, -0.1) is 0 Å². The fourth-order valence-corrected chi connectivity index (χ4v) is 2.56. The summed E-state index contributed by atoms with van der Waals surface area (Å²) in [4.78, 5) is 33.9. The van der Waals surface area contributed by atoms with Crippen LogP contribution in [-0.4, -0.2) is 46.6 Å². The van der Waals surface area contributed by atoms with Gasteiger partial charge in [0.15, 0.2) is 23.9 Å². The molecule has 1 saturated heterocycles. The first-order valence-electron chi connectivity index (χ1n) is 7.13. The number of thiocarbonyl (C=S) groups is 1. The van der Waals surface area contributed by atoms with E-state index in [2.05, 4.69) is 5.32 Å². The number of carbonyl (C=O) groups is 3. The molecule has 1 unspecified atom stereocenters. The van der Waals surface area contributed by atoms with Gasteiger partial charge in [0.1, 0.15) is 0 Å². The number of carboxylic acids is 2. The van der Waals surface area contributed by atoms with Gasteiger partial charge in [0.2, 0.25) is 0 Å². The average Bonchev–Trinajstić information content (AvgIpc) is 2.80. The zero-order chi connectivity index (χ0) is 18.6. The van der Waals surface area contributed by atoms with Crippen LogP contribution in [0.5, 0.6) is 11.5 Å². The number of ketones is 1. The van der Waals surface area contributed by atoms with Crippen LogP contribution in [0.25, 0.3) is 6.08 Å². The van der Waals surface area contributed by atoms with Crippen molar-refractivity contribution in [1.82, 2.24) is 5.32 Å². The van der Waals surface area contributed by atoms with Crippen LogP contribution in [0.3, 0.4) is 0 Å². The van der Waals surface area contributed by atoms with Gasteiger partial charge in [0.05, 0.1) is 30.1 Å². The van der Waals surface area contributed by atoms with E-state index in [0.29, 0.717) is 11.3 Å². The number of aliphatic carboxylic acids is 2. The Labute approximate surface area is 148 Å². The summed E-state index contributed by atoms with van der Waals surface area (Å²) in [6.07, 6.45) is 1.11. The van der Waals surface area contributed by atoms with Crippen LogP contribution in [0.2, 0.25) is 0 Å². The molecule has 0 aromatic heterocycles. The van der Waals surface area contributed by atoms with E-state index in [0.717, 1.165) is 0 Å². The fraction of sp³-hybridized carbons (Fsp3) is 0.250. The number of ether oxygens (including phenoxy) is 2. The van der Waals surface area contributed by atoms with Gasteiger partial charge >= 0.3 is 11.9 Å². The number of benzene rings is 1. The lowest BCUT2D eigenvalue weighted by Crippen LogP contribution is -2.20. The van der Waals surface area contributed by atoms with Crippen LogP contribution >= 0.6 is 12.2 Å². The first-order chi connectivity index (χ1) is 11.8. The SMILES string of the molecule is COc1ccc(C=C2NC(=S)C(CC(=O)O)C2=O)cc1OCC(=O)O. The van der Waals surface area contributed by atoms with Crippen LogP contribution in [0.1, 0.15) is 12.0 Å². The molecule has 9 heteroatoms. The van der Waals surface area contributed by atoms with Crippen molar-refractivity contribution in [1.29, 1.82) is 0 Å². The van der Waals surface area contributed by atoms with E-state index in [9.17, 15) is 14.4 Å². The van der Waals surface area contributed by atoms with Crippen molar-refractivity contribution in [2.75, 3.05) is 13.7 Å². The van der Waals surface area contributed by atoms with Gasteiger partial charge in [0.25, 0.3) is 0 Å². The second-order valence-electron chi connectivity index (χ2n) is 5.15. The standard InChI is InChI=1S/C16H15NO7S/c1-23-11-3-2-8(5-12(11)24-7-14(20)21)4-10-15(22)9(6-13(18)19)16(25)17-10/h2-5,9H,6-7H2,1H3,(H,17,25)(H,18,19)(H,20,21). The maximum Gasteiger partial charge on any atom is 0.341 e. The molecule has 25 heavy (non-hydrogen) atoms. The third-order valence-electron chi connectivity index (χ3n) is 3.38. The monoisotopic (exact) mass is 365 g/mol. The van der Waals surface area contributed by atoms with E-state index in [4.69, 9.17) is 31.9 Å². The summed E-state index contributed by atoms with van der Waals surface area (Å²) >= 11 is 5.02. The molecule has 0 saturated carbocycles. The van der Waals surface area contributed by atoms with E-state index in [1.807, 2.05) is 0 Å². The molecule has 2 rings (SSSR count). The minimum Gasteiger partial charge on any atom is -0.493 e. The Morgan fingerprint density at radius 1 is 1.28 bits per heavy atom. The van der Waals surface area contributed by atoms with Crippen LogP contribution in [0.4, 0.5) is 0 Å². The van der Waals surface area contributed by atoms with Crippen LogP contribution in [0.15, 0.2) is 23.9 Å². The lowest BCUT2D eigenvalue weighted by atomic mass is 10.0. The molecule has 1 aliphatic heterocycles. The molecule has 8 nitrogen and oxygen atoms in total. The Hall–Kier alpha value is -2.94. The zero-order valence-electron chi connectivity index (χ0n) is 13.1. The zero-order valence-corrected chi connectivity index (χ0v) is 14.0. The molecule has 1 aromatic carbocycles. The molecule has 0 radical (unpaired) electrons. The first kappa shape index (κ1) is 18.4. The number of allylic oxidation sites excluding steroid dienone is 1. The van der Waals surface area contributed by atoms with Gasteiger partial charge in [-0.2, -0.15) is 0 Å². The van der Waals surface area contributed by atoms with Crippen molar-refractivity contribution in [2.45, 2.75) is 6.42 Å². The fourth-order valence-electron chi connectivity index (χ4n) is 2.26. The first-order valence-corrected chi connectivity index (χ1v) is 7.54. The summed E-state index contributed by atoms with van der Waals surface area (Å²) < 4.78 is 10.2. The van der Waals surface area contributed by atoms with Crippen LogP contribution < -0.4 is 14.8 Å². The van der Waals surface area contributed by atoms with Crippen LogP contribution in [-0.2, 0) is 14.4 Å². The lowest BCUT2D eigenvalue weighted by molar-refractivity contribution is -0.139. The van der Waals surface area contributed by atoms with Gasteiger partial charge in [-0.1, -0.05) is 18.3 Å². The van der Waals surface area contributed by atoms with Gasteiger partial charge in [0, 0.05) is 0 Å². The number of hydrogen-bond acceptors (Lipinski definition) is 6. The maximum absolute atomic E-state index is 12.3. The summed E-state index contributed by atoms with van der Waals surface area (Å²) in [5, 5.41) is 20.3. The highest BCUT2D eigenvalue weighted by Crippen LogP contribution is 2.30. The predicted octanol–water partition coefficient (Wildman–Crippen LogP) is 1.09. The van der Waals surface area contributed by atoms with Crippen molar-refractivity contribution in [3.05, 3.63) is 29.5 Å². The number of Topliss-reactive ketones (excluding diaryl/α,β-unsaturated/α-hetero) is 1. The molecule has 1 aromatic rings. The largest absolute Gasteiger partial charge is 0.493 e. The number of carboxylic acid groups (broad SMARTS) is 2.